The Morgan fingerprint density at radius 1 is 1.12 bits per heavy atom. The summed E-state index contributed by atoms with van der Waals surface area (Å²) in [5, 5.41) is 0. The van der Waals surface area contributed by atoms with E-state index in [2.05, 4.69) is 17.1 Å². The van der Waals surface area contributed by atoms with Gasteiger partial charge in [-0.2, -0.15) is 0 Å². The first-order valence-electron chi connectivity index (χ1n) is 5.80. The summed E-state index contributed by atoms with van der Waals surface area (Å²) in [6.07, 6.45) is 3.92. The lowest BCUT2D eigenvalue weighted by molar-refractivity contribution is 0.288. The minimum absolute atomic E-state index is 0.552. The molecule has 0 spiro atoms. The van der Waals surface area contributed by atoms with Crippen molar-refractivity contribution >= 4 is 5.82 Å². The summed E-state index contributed by atoms with van der Waals surface area (Å²) in [4.78, 5) is 4.01. The third kappa shape index (κ3) is 1.96. The van der Waals surface area contributed by atoms with Crippen LogP contribution in [0.2, 0.25) is 0 Å². The second-order valence-electron chi connectivity index (χ2n) is 4.24. The van der Waals surface area contributed by atoms with Crippen molar-refractivity contribution in [2.24, 2.45) is 0 Å². The summed E-state index contributed by atoms with van der Waals surface area (Å²) in [5.74, 6) is 1.57. The third-order valence-corrected chi connectivity index (χ3v) is 3.02. The van der Waals surface area contributed by atoms with Gasteiger partial charge in [0.05, 0.1) is 6.61 Å². The van der Waals surface area contributed by atoms with Gasteiger partial charge in [-0.1, -0.05) is 6.07 Å². The van der Waals surface area contributed by atoms with E-state index in [1.807, 2.05) is 18.2 Å². The molecule has 0 radical (unpaired) electrons. The number of nitrogens with zero attached hydrogens (tertiary/aromatic N) is 1. The van der Waals surface area contributed by atoms with Gasteiger partial charge in [-0.15, -0.1) is 0 Å². The van der Waals surface area contributed by atoms with Gasteiger partial charge >= 0.3 is 0 Å². The molecular weight excluding hydrogens is 212 g/mol. The van der Waals surface area contributed by atoms with Crippen molar-refractivity contribution < 1.29 is 4.74 Å². The number of fused-ring (bicyclic) bond motifs is 1. The number of aromatic nitrogens is 1. The van der Waals surface area contributed by atoms with Gasteiger partial charge in [-0.05, 0) is 53.8 Å². The zero-order chi connectivity index (χ0) is 11.7. The second-order valence-corrected chi connectivity index (χ2v) is 4.24. The first-order chi connectivity index (χ1) is 8.33. The van der Waals surface area contributed by atoms with E-state index in [4.69, 9.17) is 10.5 Å². The molecule has 1 aromatic carbocycles. The Hall–Kier alpha value is -2.03. The molecule has 0 saturated heterocycles. The molecule has 1 aliphatic heterocycles. The van der Waals surface area contributed by atoms with Crippen LogP contribution in [-0.4, -0.2) is 11.6 Å². The maximum absolute atomic E-state index is 5.70. The van der Waals surface area contributed by atoms with Crippen molar-refractivity contribution in [3.63, 3.8) is 0 Å². The molecule has 1 aromatic heterocycles. The van der Waals surface area contributed by atoms with Gasteiger partial charge in [0.25, 0.3) is 0 Å². The summed E-state index contributed by atoms with van der Waals surface area (Å²) in [5.41, 5.74) is 9.25. The minimum atomic E-state index is 0.552. The first kappa shape index (κ1) is 10.1. The molecule has 1 aliphatic rings. The Morgan fingerprint density at radius 3 is 2.88 bits per heavy atom. The number of anilines is 1. The largest absolute Gasteiger partial charge is 0.493 e. The molecule has 3 rings (SSSR count). The van der Waals surface area contributed by atoms with Crippen LogP contribution in [0.25, 0.3) is 11.1 Å². The number of nitrogen functional groups attached to an aromatic ring is 1. The molecule has 2 aromatic rings. The standard InChI is InChI=1S/C14H14N2O/c15-14-9-11(5-6-16-14)10-3-4-13-12(8-10)2-1-7-17-13/h3-6,8-9H,1-2,7H2,(H2,15,16). The van der Waals surface area contributed by atoms with E-state index in [9.17, 15) is 0 Å². The maximum Gasteiger partial charge on any atom is 0.123 e. The highest BCUT2D eigenvalue weighted by molar-refractivity contribution is 5.67. The van der Waals surface area contributed by atoms with Gasteiger partial charge in [0.2, 0.25) is 0 Å². The SMILES string of the molecule is Nc1cc(-c2ccc3c(c2)CCCO3)ccn1. The molecule has 0 aliphatic carbocycles. The van der Waals surface area contributed by atoms with Gasteiger partial charge in [-0.3, -0.25) is 0 Å². The molecule has 0 saturated carbocycles. The summed E-state index contributed by atoms with van der Waals surface area (Å²) in [7, 11) is 0. The number of hydrogen-bond acceptors (Lipinski definition) is 3. The average molecular weight is 226 g/mol. The highest BCUT2D eigenvalue weighted by Gasteiger charge is 2.11. The van der Waals surface area contributed by atoms with Crippen LogP contribution in [0.5, 0.6) is 5.75 Å². The normalized spacial score (nSPS) is 13.9. The number of hydrogen-bond donors (Lipinski definition) is 1. The van der Waals surface area contributed by atoms with Crippen molar-refractivity contribution in [3.05, 3.63) is 42.1 Å². The number of pyridine rings is 1. The molecule has 0 unspecified atom stereocenters. The Kier molecular flexibility index (Phi) is 2.44. The Bertz CT molecular complexity index is 552. The fourth-order valence-corrected chi connectivity index (χ4v) is 2.17. The molecule has 2 heterocycles. The van der Waals surface area contributed by atoms with E-state index in [0.717, 1.165) is 30.8 Å². The molecule has 0 bridgehead atoms. The number of aryl methyl sites for hydroxylation is 1. The van der Waals surface area contributed by atoms with Crippen molar-refractivity contribution in [1.82, 2.24) is 4.98 Å². The van der Waals surface area contributed by atoms with Crippen LogP contribution in [0, 0.1) is 0 Å². The van der Waals surface area contributed by atoms with Crippen LogP contribution in [0.1, 0.15) is 12.0 Å². The molecule has 3 heteroatoms. The molecule has 86 valence electrons. The van der Waals surface area contributed by atoms with Crippen molar-refractivity contribution in [1.29, 1.82) is 0 Å². The molecule has 2 N–H and O–H groups in total. The zero-order valence-electron chi connectivity index (χ0n) is 9.52. The Labute approximate surface area is 100 Å². The van der Waals surface area contributed by atoms with E-state index in [1.54, 1.807) is 6.20 Å². The maximum atomic E-state index is 5.70. The summed E-state index contributed by atoms with van der Waals surface area (Å²) >= 11 is 0. The van der Waals surface area contributed by atoms with E-state index in [1.165, 1.54) is 11.1 Å². The first-order valence-corrected chi connectivity index (χ1v) is 5.80. The monoisotopic (exact) mass is 226 g/mol. The highest BCUT2D eigenvalue weighted by atomic mass is 16.5. The van der Waals surface area contributed by atoms with E-state index >= 15 is 0 Å². The van der Waals surface area contributed by atoms with Gasteiger partial charge in [0.15, 0.2) is 0 Å². The Morgan fingerprint density at radius 2 is 2.00 bits per heavy atom. The number of ether oxygens (including phenoxy) is 1. The second kappa shape index (κ2) is 4.09. The van der Waals surface area contributed by atoms with Crippen LogP contribution < -0.4 is 10.5 Å². The van der Waals surface area contributed by atoms with Gasteiger partial charge < -0.3 is 10.5 Å². The lowest BCUT2D eigenvalue weighted by Gasteiger charge is -2.17. The predicted molar refractivity (Wildman–Crippen MR) is 67.9 cm³/mol. The lowest BCUT2D eigenvalue weighted by Crippen LogP contribution is -2.08. The molecule has 0 amide bonds. The summed E-state index contributed by atoms with van der Waals surface area (Å²) in [6, 6.07) is 10.2. The van der Waals surface area contributed by atoms with Crippen molar-refractivity contribution in [2.75, 3.05) is 12.3 Å². The van der Waals surface area contributed by atoms with E-state index in [-0.39, 0.29) is 0 Å². The molecular formula is C14H14N2O. The van der Waals surface area contributed by atoms with Crippen LogP contribution in [0.3, 0.4) is 0 Å². The topological polar surface area (TPSA) is 48.1 Å². The van der Waals surface area contributed by atoms with Crippen molar-refractivity contribution in [3.8, 4) is 16.9 Å². The number of nitrogens with two attached hydrogens (primary N) is 1. The zero-order valence-corrected chi connectivity index (χ0v) is 9.52. The smallest absolute Gasteiger partial charge is 0.123 e. The van der Waals surface area contributed by atoms with Crippen molar-refractivity contribution in [2.45, 2.75) is 12.8 Å². The predicted octanol–water partition coefficient (Wildman–Crippen LogP) is 2.66. The molecule has 3 nitrogen and oxygen atoms in total. The van der Waals surface area contributed by atoms with Crippen LogP contribution >= 0.6 is 0 Å². The van der Waals surface area contributed by atoms with Crippen LogP contribution in [0.15, 0.2) is 36.5 Å². The minimum Gasteiger partial charge on any atom is -0.493 e. The average Bonchev–Trinajstić information content (AvgIpc) is 2.38. The molecule has 0 fully saturated rings. The quantitative estimate of drug-likeness (QED) is 0.813. The molecule has 17 heavy (non-hydrogen) atoms. The summed E-state index contributed by atoms with van der Waals surface area (Å²) in [6.45, 7) is 0.828. The summed E-state index contributed by atoms with van der Waals surface area (Å²) < 4.78 is 5.60. The fraction of sp³-hybridized carbons (Fsp3) is 0.214. The van der Waals surface area contributed by atoms with Crippen LogP contribution in [-0.2, 0) is 6.42 Å². The lowest BCUT2D eigenvalue weighted by atomic mass is 9.99. The van der Waals surface area contributed by atoms with E-state index in [0.29, 0.717) is 5.82 Å². The van der Waals surface area contributed by atoms with E-state index < -0.39 is 0 Å². The van der Waals surface area contributed by atoms with Gasteiger partial charge in [-0.25, -0.2) is 4.98 Å². The highest BCUT2D eigenvalue weighted by Crippen LogP contribution is 2.30. The third-order valence-electron chi connectivity index (χ3n) is 3.02. The van der Waals surface area contributed by atoms with Gasteiger partial charge in [0.1, 0.15) is 11.6 Å². The molecule has 0 atom stereocenters. The number of benzene rings is 1. The Balaban J connectivity index is 2.04. The van der Waals surface area contributed by atoms with Crippen LogP contribution in [0.4, 0.5) is 5.82 Å². The number of rotatable bonds is 1. The fourth-order valence-electron chi connectivity index (χ4n) is 2.17. The van der Waals surface area contributed by atoms with Gasteiger partial charge in [0, 0.05) is 6.20 Å².